The minimum atomic E-state index is -4.16. The summed E-state index contributed by atoms with van der Waals surface area (Å²) in [7, 11) is -4.16. The lowest BCUT2D eigenvalue weighted by Gasteiger charge is -2.40. The van der Waals surface area contributed by atoms with Gasteiger partial charge in [-0.15, -0.1) is 0 Å². The molecule has 10 heteroatoms. The van der Waals surface area contributed by atoms with E-state index >= 15 is 0 Å². The third-order valence-electron chi connectivity index (χ3n) is 5.65. The summed E-state index contributed by atoms with van der Waals surface area (Å²) < 4.78 is 58.7. The molecule has 1 aliphatic rings. The molecule has 0 saturated carbocycles. The largest absolute Gasteiger partial charge is 0.449 e. The van der Waals surface area contributed by atoms with Crippen molar-refractivity contribution in [3.05, 3.63) is 59.7 Å². The molecule has 2 aromatic carbocycles. The number of nitrogens with zero attached hydrogens (tertiary/aromatic N) is 1. The molecule has 0 aromatic heterocycles. The molecule has 1 saturated heterocycles. The smallest absolute Gasteiger partial charge is 0.338 e. The van der Waals surface area contributed by atoms with Gasteiger partial charge in [-0.3, -0.25) is 9.52 Å². The van der Waals surface area contributed by atoms with Gasteiger partial charge < -0.3 is 9.64 Å². The molecule has 0 spiro atoms. The summed E-state index contributed by atoms with van der Waals surface area (Å²) in [5.74, 6) is -3.41. The zero-order valence-corrected chi connectivity index (χ0v) is 19.4. The lowest BCUT2D eigenvalue weighted by atomic mass is 9.97. The Morgan fingerprint density at radius 1 is 1.03 bits per heavy atom. The number of rotatable bonds is 6. The fourth-order valence-corrected chi connectivity index (χ4v) is 4.95. The van der Waals surface area contributed by atoms with Crippen LogP contribution in [0.2, 0.25) is 0 Å². The van der Waals surface area contributed by atoms with Gasteiger partial charge in [-0.1, -0.05) is 0 Å². The molecule has 7 nitrogen and oxygen atoms in total. The van der Waals surface area contributed by atoms with Crippen LogP contribution in [0.4, 0.5) is 14.5 Å². The molecule has 0 radical (unpaired) electrons. The van der Waals surface area contributed by atoms with Gasteiger partial charge in [0.25, 0.3) is 15.9 Å². The van der Waals surface area contributed by atoms with Crippen molar-refractivity contribution in [1.82, 2.24) is 4.90 Å². The van der Waals surface area contributed by atoms with E-state index in [0.29, 0.717) is 6.07 Å². The van der Waals surface area contributed by atoms with Crippen molar-refractivity contribution in [3.63, 3.8) is 0 Å². The SMILES string of the molecule is CC(OC(=O)c1ccc(NS(=O)(=O)c2ccc(F)c(F)c2)cc1)C(=O)N1C(C)CCCC1C. The van der Waals surface area contributed by atoms with E-state index in [4.69, 9.17) is 4.74 Å². The van der Waals surface area contributed by atoms with Gasteiger partial charge >= 0.3 is 5.97 Å². The number of ether oxygens (including phenoxy) is 1. The molecule has 1 N–H and O–H groups in total. The highest BCUT2D eigenvalue weighted by molar-refractivity contribution is 7.92. The lowest BCUT2D eigenvalue weighted by molar-refractivity contribution is -0.146. The summed E-state index contributed by atoms with van der Waals surface area (Å²) in [6, 6.07) is 7.72. The van der Waals surface area contributed by atoms with Crippen LogP contribution in [0.1, 0.15) is 50.4 Å². The third kappa shape index (κ3) is 5.68. The molecule has 1 aliphatic heterocycles. The Kier molecular flexibility index (Phi) is 7.36. The van der Waals surface area contributed by atoms with E-state index in [9.17, 15) is 26.8 Å². The zero-order valence-electron chi connectivity index (χ0n) is 18.5. The van der Waals surface area contributed by atoms with Crippen molar-refractivity contribution in [2.45, 2.75) is 63.1 Å². The number of esters is 1. The van der Waals surface area contributed by atoms with E-state index in [1.807, 2.05) is 13.8 Å². The quantitative estimate of drug-likeness (QED) is 0.629. The molecule has 3 unspecified atom stereocenters. The summed E-state index contributed by atoms with van der Waals surface area (Å²) >= 11 is 0. The summed E-state index contributed by atoms with van der Waals surface area (Å²) in [4.78, 5) is 26.6. The molecule has 1 heterocycles. The number of likely N-dealkylation sites (tertiary alicyclic amines) is 1. The van der Waals surface area contributed by atoms with Gasteiger partial charge in [0, 0.05) is 17.8 Å². The van der Waals surface area contributed by atoms with Crippen LogP contribution in [0, 0.1) is 11.6 Å². The number of benzene rings is 2. The summed E-state index contributed by atoms with van der Waals surface area (Å²) in [6.07, 6.45) is 1.89. The van der Waals surface area contributed by atoms with Crippen LogP contribution in [-0.4, -0.2) is 43.4 Å². The van der Waals surface area contributed by atoms with Crippen LogP contribution >= 0.6 is 0 Å². The van der Waals surface area contributed by atoms with Gasteiger partial charge in [-0.2, -0.15) is 0 Å². The molecule has 1 amide bonds. The Morgan fingerprint density at radius 2 is 1.64 bits per heavy atom. The van der Waals surface area contributed by atoms with E-state index in [-0.39, 0.29) is 29.2 Å². The van der Waals surface area contributed by atoms with Crippen molar-refractivity contribution >= 4 is 27.6 Å². The first-order valence-corrected chi connectivity index (χ1v) is 12.1. The fraction of sp³-hybridized carbons (Fsp3) is 0.391. The molecule has 3 atom stereocenters. The second-order valence-corrected chi connectivity index (χ2v) is 9.86. The number of sulfonamides is 1. The van der Waals surface area contributed by atoms with E-state index in [1.54, 1.807) is 4.90 Å². The van der Waals surface area contributed by atoms with E-state index in [2.05, 4.69) is 4.72 Å². The Morgan fingerprint density at radius 3 is 2.21 bits per heavy atom. The number of nitrogens with one attached hydrogen (secondary N) is 1. The van der Waals surface area contributed by atoms with Crippen molar-refractivity contribution in [2.24, 2.45) is 0 Å². The first-order valence-electron chi connectivity index (χ1n) is 10.6. The zero-order chi connectivity index (χ0) is 24.3. The Bertz CT molecular complexity index is 1130. The Labute approximate surface area is 191 Å². The maximum absolute atomic E-state index is 13.4. The third-order valence-corrected chi connectivity index (χ3v) is 7.03. The van der Waals surface area contributed by atoms with Gasteiger partial charge in [-0.25, -0.2) is 22.0 Å². The maximum atomic E-state index is 13.4. The number of hydrogen-bond donors (Lipinski definition) is 1. The predicted octanol–water partition coefficient (Wildman–Crippen LogP) is 4.10. The number of piperidine rings is 1. The normalized spacial score (nSPS) is 19.6. The van der Waals surface area contributed by atoms with Crippen LogP contribution in [0.3, 0.4) is 0 Å². The Hall–Kier alpha value is -3.01. The van der Waals surface area contributed by atoms with Gasteiger partial charge in [0.15, 0.2) is 17.7 Å². The monoisotopic (exact) mass is 480 g/mol. The van der Waals surface area contributed by atoms with Crippen molar-refractivity contribution < 1.29 is 31.5 Å². The summed E-state index contributed by atoms with van der Waals surface area (Å²) in [5, 5.41) is 0. The molecule has 33 heavy (non-hydrogen) atoms. The molecule has 0 bridgehead atoms. The van der Waals surface area contributed by atoms with Crippen molar-refractivity contribution in [3.8, 4) is 0 Å². The summed E-state index contributed by atoms with van der Waals surface area (Å²) in [6.45, 7) is 5.48. The van der Waals surface area contributed by atoms with Crippen LogP contribution in [0.5, 0.6) is 0 Å². The second kappa shape index (κ2) is 9.86. The topological polar surface area (TPSA) is 92.8 Å². The van der Waals surface area contributed by atoms with Crippen LogP contribution in [-0.2, 0) is 19.6 Å². The highest BCUT2D eigenvalue weighted by Crippen LogP contribution is 2.24. The number of hydrogen-bond acceptors (Lipinski definition) is 5. The number of carbonyl (C=O) groups excluding carboxylic acids is 2. The van der Waals surface area contributed by atoms with Crippen LogP contribution in [0.25, 0.3) is 0 Å². The van der Waals surface area contributed by atoms with Gasteiger partial charge in [0.05, 0.1) is 10.5 Å². The lowest BCUT2D eigenvalue weighted by Crippen LogP contribution is -2.51. The number of amides is 1. The van der Waals surface area contributed by atoms with Crippen LogP contribution < -0.4 is 4.72 Å². The van der Waals surface area contributed by atoms with Gasteiger partial charge in [0.2, 0.25) is 0 Å². The minimum Gasteiger partial charge on any atom is -0.449 e. The van der Waals surface area contributed by atoms with Crippen molar-refractivity contribution in [2.75, 3.05) is 4.72 Å². The second-order valence-electron chi connectivity index (χ2n) is 8.18. The van der Waals surface area contributed by atoms with E-state index < -0.39 is 38.6 Å². The number of halogens is 2. The minimum absolute atomic E-state index is 0.0734. The van der Waals surface area contributed by atoms with Gasteiger partial charge in [-0.05, 0) is 82.5 Å². The molecule has 1 fully saturated rings. The predicted molar refractivity (Wildman–Crippen MR) is 118 cm³/mol. The molecule has 178 valence electrons. The van der Waals surface area contributed by atoms with Gasteiger partial charge in [0.1, 0.15) is 0 Å². The average molecular weight is 481 g/mol. The molecule has 0 aliphatic carbocycles. The fourth-order valence-electron chi connectivity index (χ4n) is 3.88. The standard InChI is InChI=1S/C23H26F2N2O5S/c1-14-5-4-6-15(2)27(14)22(28)16(3)32-23(29)17-7-9-18(10-8-17)26-33(30,31)19-11-12-20(24)21(25)13-19/h7-16,26H,4-6H2,1-3H3. The molecule has 2 aromatic rings. The summed E-state index contributed by atoms with van der Waals surface area (Å²) in [5.41, 5.74) is 0.238. The maximum Gasteiger partial charge on any atom is 0.338 e. The van der Waals surface area contributed by atoms with Crippen LogP contribution in [0.15, 0.2) is 47.4 Å². The highest BCUT2D eigenvalue weighted by Gasteiger charge is 2.33. The number of carbonyl (C=O) groups is 2. The van der Waals surface area contributed by atoms with E-state index in [0.717, 1.165) is 31.4 Å². The van der Waals surface area contributed by atoms with Crippen molar-refractivity contribution in [1.29, 1.82) is 0 Å². The first-order chi connectivity index (χ1) is 15.5. The van der Waals surface area contributed by atoms with E-state index in [1.165, 1.54) is 31.2 Å². The first kappa shape index (κ1) is 24.6. The molecule has 3 rings (SSSR count). The Balaban J connectivity index is 1.65. The average Bonchev–Trinajstić information content (AvgIpc) is 2.75. The molecular formula is C23H26F2N2O5S. The number of anilines is 1. The highest BCUT2D eigenvalue weighted by atomic mass is 32.2. The molecular weight excluding hydrogens is 454 g/mol.